The van der Waals surface area contributed by atoms with E-state index < -0.39 is 0 Å². The number of hydrogen-bond donors (Lipinski definition) is 1. The molecule has 0 bridgehead atoms. The quantitative estimate of drug-likeness (QED) is 0.314. The van der Waals surface area contributed by atoms with Crippen LogP contribution in [-0.2, 0) is 0 Å². The van der Waals surface area contributed by atoms with Crippen LogP contribution in [0.3, 0.4) is 0 Å². The Labute approximate surface area is 168 Å². The first-order chi connectivity index (χ1) is 13.2. The average molecular weight is 430 g/mol. The van der Waals surface area contributed by atoms with Crippen molar-refractivity contribution in [2.45, 2.75) is 32.6 Å². The number of benzene rings is 2. The molecule has 1 heterocycles. The fourth-order valence-electron chi connectivity index (χ4n) is 3.08. The molecule has 0 saturated carbocycles. The second kappa shape index (κ2) is 9.09. The van der Waals surface area contributed by atoms with E-state index >= 15 is 0 Å². The summed E-state index contributed by atoms with van der Waals surface area (Å²) in [5.74, 6) is 0.889. The molecule has 3 rings (SSSR count). The Kier molecular flexibility index (Phi) is 6.56. The Morgan fingerprint density at radius 1 is 1.15 bits per heavy atom. The monoisotopic (exact) mass is 429 g/mol. The van der Waals surface area contributed by atoms with Crippen molar-refractivity contribution in [2.75, 3.05) is 19.0 Å². The second-order valence-corrected chi connectivity index (χ2v) is 7.32. The number of furan rings is 1. The van der Waals surface area contributed by atoms with Crippen molar-refractivity contribution in [2.24, 2.45) is 0 Å². The van der Waals surface area contributed by atoms with E-state index in [0.29, 0.717) is 22.7 Å². The van der Waals surface area contributed by atoms with Crippen molar-refractivity contribution in [3.8, 4) is 5.75 Å². The van der Waals surface area contributed by atoms with Crippen LogP contribution in [-0.4, -0.2) is 19.4 Å². The second-order valence-electron chi connectivity index (χ2n) is 6.47. The zero-order valence-corrected chi connectivity index (χ0v) is 17.3. The molecule has 2 aromatic carbocycles. The summed E-state index contributed by atoms with van der Waals surface area (Å²) in [6.07, 6.45) is 4.66. The molecule has 0 aliphatic carbocycles. The summed E-state index contributed by atoms with van der Waals surface area (Å²) in [5, 5.41) is 4.37. The maximum absolute atomic E-state index is 13.1. The Hall–Kier alpha value is -2.27. The molecule has 0 aliphatic heterocycles. The first kappa shape index (κ1) is 19.5. The number of ketones is 1. The highest BCUT2D eigenvalue weighted by molar-refractivity contribution is 9.10. The van der Waals surface area contributed by atoms with Gasteiger partial charge in [-0.2, -0.15) is 0 Å². The molecule has 3 aromatic rings. The number of anilines is 1. The lowest BCUT2D eigenvalue weighted by Crippen LogP contribution is -2.07. The number of halogens is 1. The van der Waals surface area contributed by atoms with E-state index in [1.54, 1.807) is 25.3 Å². The van der Waals surface area contributed by atoms with Gasteiger partial charge in [-0.05, 0) is 52.7 Å². The number of ether oxygens (including phenoxy) is 1. The minimum atomic E-state index is -0.148. The lowest BCUT2D eigenvalue weighted by atomic mass is 10.1. The number of carbonyl (C=O) groups is 1. The molecular weight excluding hydrogens is 406 g/mol. The largest absolute Gasteiger partial charge is 0.496 e. The van der Waals surface area contributed by atoms with E-state index in [1.807, 2.05) is 24.3 Å². The van der Waals surface area contributed by atoms with Gasteiger partial charge in [-0.3, -0.25) is 4.79 Å². The Balaban J connectivity index is 1.91. The first-order valence-corrected chi connectivity index (χ1v) is 10.1. The normalized spacial score (nSPS) is 10.9. The first-order valence-electron chi connectivity index (χ1n) is 9.29. The van der Waals surface area contributed by atoms with Crippen molar-refractivity contribution in [3.05, 3.63) is 58.3 Å². The summed E-state index contributed by atoms with van der Waals surface area (Å²) in [6, 6.07) is 13.0. The molecule has 142 valence electrons. The van der Waals surface area contributed by atoms with Gasteiger partial charge in [0, 0.05) is 17.5 Å². The zero-order valence-electron chi connectivity index (χ0n) is 15.7. The van der Waals surface area contributed by atoms with Crippen molar-refractivity contribution in [1.29, 1.82) is 0 Å². The molecule has 27 heavy (non-hydrogen) atoms. The van der Waals surface area contributed by atoms with E-state index in [4.69, 9.17) is 9.15 Å². The maximum Gasteiger partial charge on any atom is 0.230 e. The van der Waals surface area contributed by atoms with Gasteiger partial charge >= 0.3 is 0 Å². The molecule has 0 amide bonds. The summed E-state index contributed by atoms with van der Waals surface area (Å²) in [5.41, 5.74) is 2.04. The standard InChI is InChI=1S/C22H24BrNO3/c1-3-4-5-8-13-24-20-16-9-6-7-10-18(16)27-22(20)21(25)15-11-12-19(26-2)17(23)14-15/h6-7,9-12,14,24H,3-5,8,13H2,1-2H3. The number of rotatable bonds is 9. The third-order valence-electron chi connectivity index (χ3n) is 4.55. The number of methoxy groups -OCH3 is 1. The summed E-state index contributed by atoms with van der Waals surface area (Å²) in [4.78, 5) is 13.1. The summed E-state index contributed by atoms with van der Waals surface area (Å²) >= 11 is 3.44. The third-order valence-corrected chi connectivity index (χ3v) is 5.17. The number of nitrogens with one attached hydrogen (secondary N) is 1. The zero-order chi connectivity index (χ0) is 19.2. The van der Waals surface area contributed by atoms with Crippen LogP contribution in [0.15, 0.2) is 51.4 Å². The molecule has 0 fully saturated rings. The van der Waals surface area contributed by atoms with Crippen LogP contribution in [0.25, 0.3) is 11.0 Å². The van der Waals surface area contributed by atoms with Crippen LogP contribution in [0.1, 0.15) is 48.7 Å². The lowest BCUT2D eigenvalue weighted by Gasteiger charge is -2.08. The highest BCUT2D eigenvalue weighted by Crippen LogP contribution is 2.34. The van der Waals surface area contributed by atoms with Crippen molar-refractivity contribution >= 4 is 38.4 Å². The van der Waals surface area contributed by atoms with E-state index in [2.05, 4.69) is 28.2 Å². The Morgan fingerprint density at radius 3 is 2.70 bits per heavy atom. The molecule has 0 unspecified atom stereocenters. The number of para-hydroxylation sites is 1. The minimum Gasteiger partial charge on any atom is -0.496 e. The Morgan fingerprint density at radius 2 is 1.96 bits per heavy atom. The van der Waals surface area contributed by atoms with Gasteiger partial charge in [0.25, 0.3) is 0 Å². The van der Waals surface area contributed by atoms with E-state index in [-0.39, 0.29) is 5.78 Å². The van der Waals surface area contributed by atoms with Crippen LogP contribution in [0.2, 0.25) is 0 Å². The van der Waals surface area contributed by atoms with Gasteiger partial charge in [0.15, 0.2) is 5.76 Å². The number of hydrogen-bond acceptors (Lipinski definition) is 4. The van der Waals surface area contributed by atoms with Crippen LogP contribution in [0, 0.1) is 0 Å². The van der Waals surface area contributed by atoms with E-state index in [1.165, 1.54) is 19.3 Å². The van der Waals surface area contributed by atoms with E-state index in [0.717, 1.165) is 28.5 Å². The van der Waals surface area contributed by atoms with Gasteiger partial charge in [0.05, 0.1) is 17.3 Å². The van der Waals surface area contributed by atoms with Crippen LogP contribution < -0.4 is 10.1 Å². The molecule has 0 atom stereocenters. The summed E-state index contributed by atoms with van der Waals surface area (Å²) in [7, 11) is 1.60. The van der Waals surface area contributed by atoms with Crippen molar-refractivity contribution in [3.63, 3.8) is 0 Å². The fourth-order valence-corrected chi connectivity index (χ4v) is 3.63. The molecule has 1 aromatic heterocycles. The SMILES string of the molecule is CCCCCCNc1c(C(=O)c2ccc(OC)c(Br)c2)oc2ccccc12. The smallest absolute Gasteiger partial charge is 0.230 e. The summed E-state index contributed by atoms with van der Waals surface area (Å²) in [6.45, 7) is 3.01. The molecular formula is C22H24BrNO3. The maximum atomic E-state index is 13.1. The molecule has 4 nitrogen and oxygen atoms in total. The Bertz CT molecular complexity index is 932. The highest BCUT2D eigenvalue weighted by atomic mass is 79.9. The van der Waals surface area contributed by atoms with Gasteiger partial charge in [-0.1, -0.05) is 38.3 Å². The predicted octanol–water partition coefficient (Wildman–Crippen LogP) is 6.43. The van der Waals surface area contributed by atoms with Crippen molar-refractivity contribution < 1.29 is 13.9 Å². The number of unbranched alkanes of at least 4 members (excludes halogenated alkanes) is 3. The van der Waals surface area contributed by atoms with Gasteiger partial charge in [0.1, 0.15) is 11.3 Å². The molecule has 0 aliphatic rings. The van der Waals surface area contributed by atoms with Crippen LogP contribution in [0.5, 0.6) is 5.75 Å². The number of carbonyl (C=O) groups excluding carboxylic acids is 1. The number of fused-ring (bicyclic) bond motifs is 1. The van der Waals surface area contributed by atoms with Crippen LogP contribution >= 0.6 is 15.9 Å². The molecule has 0 spiro atoms. The third kappa shape index (κ3) is 4.35. The molecule has 1 N–H and O–H groups in total. The molecule has 5 heteroatoms. The summed E-state index contributed by atoms with van der Waals surface area (Å²) < 4.78 is 11.9. The van der Waals surface area contributed by atoms with Gasteiger partial charge < -0.3 is 14.5 Å². The van der Waals surface area contributed by atoms with Crippen molar-refractivity contribution in [1.82, 2.24) is 0 Å². The topological polar surface area (TPSA) is 51.5 Å². The minimum absolute atomic E-state index is 0.148. The van der Waals surface area contributed by atoms with Gasteiger partial charge in [0.2, 0.25) is 5.78 Å². The highest BCUT2D eigenvalue weighted by Gasteiger charge is 2.22. The van der Waals surface area contributed by atoms with Gasteiger partial charge in [-0.15, -0.1) is 0 Å². The molecule has 0 radical (unpaired) electrons. The average Bonchev–Trinajstić information content (AvgIpc) is 3.06. The van der Waals surface area contributed by atoms with Gasteiger partial charge in [-0.25, -0.2) is 0 Å². The molecule has 0 saturated heterocycles. The lowest BCUT2D eigenvalue weighted by molar-refractivity contribution is 0.101. The predicted molar refractivity (Wildman–Crippen MR) is 113 cm³/mol. The van der Waals surface area contributed by atoms with E-state index in [9.17, 15) is 4.79 Å². The van der Waals surface area contributed by atoms with Crippen LogP contribution in [0.4, 0.5) is 5.69 Å². The fraction of sp³-hybridized carbons (Fsp3) is 0.318.